The minimum absolute atomic E-state index is 0.0475. The average molecular weight is 1770 g/mol. The number of hydrogen-bond donors (Lipinski definition) is 21. The van der Waals surface area contributed by atoms with Crippen molar-refractivity contribution < 1.29 is 156 Å². The molecule has 123 heavy (non-hydrogen) atoms. The van der Waals surface area contributed by atoms with Gasteiger partial charge >= 0.3 is 0 Å². The monoisotopic (exact) mass is 1770 g/mol. The minimum Gasteiger partial charge on any atom is -0.394 e. The molecule has 0 bridgehead atoms. The van der Waals surface area contributed by atoms with Crippen LogP contribution in [0.1, 0.15) is 189 Å². The molecule has 4 aliphatic heterocycles. The van der Waals surface area contributed by atoms with Gasteiger partial charge in [0.05, 0.1) is 78.3 Å². The lowest BCUT2D eigenvalue weighted by molar-refractivity contribution is -0.270. The Bertz CT molecular complexity index is 2820. The maximum absolute atomic E-state index is 14.1. The van der Waals surface area contributed by atoms with Crippen LogP contribution in [-0.4, -0.2) is 370 Å². The molecule has 0 spiro atoms. The topological polar surface area (TPSA) is 624 Å². The van der Waals surface area contributed by atoms with Crippen molar-refractivity contribution >= 4 is 65.0 Å². The maximum Gasteiger partial charge on any atom is 0.249 e. The zero-order valence-electron chi connectivity index (χ0n) is 72.0. The van der Waals surface area contributed by atoms with E-state index >= 15 is 0 Å². The highest BCUT2D eigenvalue weighted by Gasteiger charge is 2.48. The fraction of sp³-hybridized carbons (Fsp3) is 0.863. The lowest BCUT2D eigenvalue weighted by atomic mass is 9.97. The SMILES string of the molecule is CC(=O)NC1C(OCCCCC(=O)NCCCNC(=O)CCOCC(COCCC(=O)NCCCNC(=O)CCCCOC2OC(CO)C(O)C(O)C2NC(C)=O)(COCCC(=O)NCCCNC(=O)CCCCOC2OC(CO)C(O)C(O)C2NC(C)=O)NC(=O)CCCCCCCCCNC(=O)[C@@H]2C[C@H](O)[C@@H](COC(C)C)O2)OC(CO)C(O)C1O. The fourth-order valence-corrected chi connectivity index (χ4v) is 13.6. The number of hydrogen-bond acceptors (Lipinski definition) is 32. The zero-order valence-corrected chi connectivity index (χ0v) is 72.0. The Morgan fingerprint density at radius 1 is 0.350 bits per heavy atom. The van der Waals surface area contributed by atoms with E-state index in [0.717, 1.165) is 32.1 Å². The number of aliphatic hydroxyl groups excluding tert-OH is 10. The van der Waals surface area contributed by atoms with Gasteiger partial charge in [0.15, 0.2) is 18.9 Å². The first-order valence-corrected chi connectivity index (χ1v) is 43.3. The smallest absolute Gasteiger partial charge is 0.249 e. The lowest BCUT2D eigenvalue weighted by Gasteiger charge is -2.42. The number of ether oxygens (including phenoxy) is 11. The van der Waals surface area contributed by atoms with Crippen LogP contribution in [-0.2, 0) is 105 Å². The number of unbranched alkanes of at least 4 members (excludes halogenated alkanes) is 9. The van der Waals surface area contributed by atoms with Crippen LogP contribution >= 0.6 is 0 Å². The fourth-order valence-electron chi connectivity index (χ4n) is 13.6. The third kappa shape index (κ3) is 44.6. The Balaban J connectivity index is 1.30. The van der Waals surface area contributed by atoms with Crippen LogP contribution in [0.25, 0.3) is 0 Å². The zero-order chi connectivity index (χ0) is 90.5. The van der Waals surface area contributed by atoms with E-state index in [-0.39, 0.29) is 210 Å². The van der Waals surface area contributed by atoms with Crippen LogP contribution in [0, 0.1) is 0 Å². The summed E-state index contributed by atoms with van der Waals surface area (Å²) in [7, 11) is 0. The van der Waals surface area contributed by atoms with Gasteiger partial charge in [-0.15, -0.1) is 0 Å². The van der Waals surface area contributed by atoms with Crippen LogP contribution in [0.5, 0.6) is 0 Å². The Kier molecular flexibility index (Phi) is 55.2. The Hall–Kier alpha value is -6.67. The number of amides is 11. The quantitative estimate of drug-likeness (QED) is 0.0253. The molecular weight excluding hydrogens is 1630 g/mol. The number of nitrogens with one attached hydrogen (secondary N) is 11. The van der Waals surface area contributed by atoms with Gasteiger partial charge in [-0.3, -0.25) is 52.7 Å². The summed E-state index contributed by atoms with van der Waals surface area (Å²) in [4.78, 5) is 140. The van der Waals surface area contributed by atoms with E-state index in [1.807, 2.05) is 13.8 Å². The van der Waals surface area contributed by atoms with Crippen LogP contribution in [0.3, 0.4) is 0 Å². The maximum atomic E-state index is 14.1. The van der Waals surface area contributed by atoms with Gasteiger partial charge in [0, 0.05) is 138 Å². The van der Waals surface area contributed by atoms with Crippen molar-refractivity contribution in [2.45, 2.75) is 311 Å². The molecule has 18 atom stereocenters. The molecule has 4 heterocycles. The standard InChI is InChI=1S/C80H143N11O32/c1-50(2)119-46-59-54(98)42-55(120-59)76(112)87-29-15-10-8-6-7-9-11-25-66(105)91-80(47-113-39-26-63(102)84-33-19-30-81-60(99)22-12-16-36-116-77-67(88-51(3)95)73(109)70(106)56(43-92)121-77,48-114-40-27-64(103)85-34-20-31-82-61(100)23-13-17-37-117-78-68(89-52(4)96)74(110)71(107)57(44-93)122-78)49-115-41-28-65(104)86-35-21-32-83-62(101)24-14-18-38-118-79-69(90-53(5)97)75(111)72(108)58(45-94)123-79/h50,54-59,67-75,77-79,92-94,98,106-111H,6-49H2,1-5H3,(H,81,99)(H,82,100)(H,83,101)(H,84,102)(H,85,103)(H,86,104)(H,87,112)(H,88,95)(H,89,96)(H,90,97)(H,91,105)/t54-,55-,56?,57?,58?,59+,67?,68?,69?,70?,71?,72?,73?,74?,75?,77?,78?,79?,80?/m0/s1. The molecule has 4 saturated heterocycles. The summed E-state index contributed by atoms with van der Waals surface area (Å²) in [6, 6.07) is -3.30. The Morgan fingerprint density at radius 2 is 0.650 bits per heavy atom. The molecule has 43 heteroatoms. The first-order chi connectivity index (χ1) is 58.9. The van der Waals surface area contributed by atoms with Gasteiger partial charge in [0.2, 0.25) is 65.0 Å². The summed E-state index contributed by atoms with van der Waals surface area (Å²) in [6.45, 7) is 6.59. The molecule has 0 aromatic carbocycles. The number of aliphatic hydroxyl groups is 10. The van der Waals surface area contributed by atoms with E-state index in [9.17, 15) is 104 Å². The third-order valence-electron chi connectivity index (χ3n) is 20.4. The van der Waals surface area contributed by atoms with Gasteiger partial charge in [-0.1, -0.05) is 32.1 Å². The van der Waals surface area contributed by atoms with Gasteiger partial charge in [-0.25, -0.2) is 0 Å². The molecule has 21 N–H and O–H groups in total. The first-order valence-electron chi connectivity index (χ1n) is 43.3. The molecule has 11 amide bonds. The van der Waals surface area contributed by atoms with Gasteiger partial charge in [-0.2, -0.15) is 0 Å². The summed E-state index contributed by atoms with van der Waals surface area (Å²) >= 11 is 0. The van der Waals surface area contributed by atoms with Gasteiger partial charge in [0.1, 0.15) is 90.8 Å². The number of rotatable bonds is 66. The summed E-state index contributed by atoms with van der Waals surface area (Å²) in [5, 5.41) is 132. The number of carbonyl (C=O) groups is 11. The van der Waals surface area contributed by atoms with E-state index < -0.39 is 153 Å². The molecule has 710 valence electrons. The lowest BCUT2D eigenvalue weighted by Crippen LogP contribution is -2.64. The molecule has 15 unspecified atom stereocenters. The highest BCUT2D eigenvalue weighted by molar-refractivity contribution is 5.81. The van der Waals surface area contributed by atoms with Crippen LogP contribution in [0.2, 0.25) is 0 Å². The average Bonchev–Trinajstić information content (AvgIpc) is 1.01. The predicted molar refractivity (Wildman–Crippen MR) is 435 cm³/mol. The van der Waals surface area contributed by atoms with Crippen molar-refractivity contribution in [3.8, 4) is 0 Å². The van der Waals surface area contributed by atoms with Crippen molar-refractivity contribution in [2.24, 2.45) is 0 Å². The predicted octanol–water partition coefficient (Wildman–Crippen LogP) is -5.50. The van der Waals surface area contributed by atoms with Crippen molar-refractivity contribution in [3.05, 3.63) is 0 Å². The second kappa shape index (κ2) is 62.5. The summed E-state index contributed by atoms with van der Waals surface area (Å²) in [5.74, 6) is -4.07. The largest absolute Gasteiger partial charge is 0.394 e. The van der Waals surface area contributed by atoms with Crippen LogP contribution in [0.4, 0.5) is 0 Å². The van der Waals surface area contributed by atoms with Crippen LogP contribution < -0.4 is 58.5 Å². The summed E-state index contributed by atoms with van der Waals surface area (Å²) < 4.78 is 63.6. The molecule has 0 aliphatic carbocycles. The second-order valence-corrected chi connectivity index (χ2v) is 31.5. The normalized spacial score (nSPS) is 25.5. The van der Waals surface area contributed by atoms with Crippen molar-refractivity contribution in [1.29, 1.82) is 0 Å². The molecule has 4 aliphatic rings. The van der Waals surface area contributed by atoms with Gasteiger partial charge < -0.3 is 162 Å². The molecule has 4 rings (SSSR count). The van der Waals surface area contributed by atoms with E-state index in [1.165, 1.54) is 20.8 Å². The Morgan fingerprint density at radius 3 is 0.976 bits per heavy atom. The second-order valence-electron chi connectivity index (χ2n) is 31.5. The van der Waals surface area contributed by atoms with Crippen molar-refractivity contribution in [2.75, 3.05) is 132 Å². The molecule has 4 fully saturated rings. The highest BCUT2D eigenvalue weighted by Crippen LogP contribution is 2.27. The van der Waals surface area contributed by atoms with Gasteiger partial charge in [-0.05, 0) is 84.5 Å². The summed E-state index contributed by atoms with van der Waals surface area (Å²) in [5.41, 5.74) is -1.44. The van der Waals surface area contributed by atoms with E-state index in [1.54, 1.807) is 0 Å². The van der Waals surface area contributed by atoms with E-state index in [0.29, 0.717) is 77.2 Å². The van der Waals surface area contributed by atoms with Crippen molar-refractivity contribution in [3.63, 3.8) is 0 Å². The molecule has 0 saturated carbocycles. The van der Waals surface area contributed by atoms with Crippen LogP contribution in [0.15, 0.2) is 0 Å². The number of carbonyl (C=O) groups excluding carboxylic acids is 11. The molecule has 0 aromatic rings. The molecule has 43 nitrogen and oxygen atoms in total. The van der Waals surface area contributed by atoms with Gasteiger partial charge in [0.25, 0.3) is 0 Å². The van der Waals surface area contributed by atoms with E-state index in [2.05, 4.69) is 58.5 Å². The molecule has 0 aromatic heterocycles. The van der Waals surface area contributed by atoms with E-state index in [4.69, 9.17) is 52.1 Å². The Labute approximate surface area is 719 Å². The van der Waals surface area contributed by atoms with Crippen molar-refractivity contribution in [1.82, 2.24) is 58.5 Å². The first kappa shape index (κ1) is 109. The minimum atomic E-state index is -1.47. The molecule has 0 radical (unpaired) electrons. The third-order valence-corrected chi connectivity index (χ3v) is 20.4. The molecular formula is C80H143N11O32. The highest BCUT2D eigenvalue weighted by atomic mass is 16.7. The summed E-state index contributed by atoms with van der Waals surface area (Å²) in [6.07, 6.45) is -8.73.